The van der Waals surface area contributed by atoms with Crippen molar-refractivity contribution < 1.29 is 14.4 Å². The standard InChI is InChI=1S/C7H9NO3/c1-5(9)2-7(11)8-3-6(10)4-8/h2-4H2,1H3. The van der Waals surface area contributed by atoms with Crippen molar-refractivity contribution in [1.82, 2.24) is 4.90 Å². The number of Topliss-reactive ketones (excluding diaryl/α,β-unsaturated/α-hetero) is 2. The minimum atomic E-state index is -0.239. The smallest absolute Gasteiger partial charge is 0.230 e. The monoisotopic (exact) mass is 155 g/mol. The van der Waals surface area contributed by atoms with Gasteiger partial charge in [0.15, 0.2) is 5.78 Å². The van der Waals surface area contributed by atoms with Gasteiger partial charge in [-0.3, -0.25) is 14.4 Å². The summed E-state index contributed by atoms with van der Waals surface area (Å²) >= 11 is 0. The normalized spacial score (nSPS) is 16.1. The average Bonchev–Trinajstić information content (AvgIpc) is 1.79. The van der Waals surface area contributed by atoms with E-state index in [1.165, 1.54) is 11.8 Å². The molecule has 60 valence electrons. The zero-order chi connectivity index (χ0) is 8.43. The van der Waals surface area contributed by atoms with Crippen molar-refractivity contribution in [3.05, 3.63) is 0 Å². The molecule has 1 rings (SSSR count). The molecule has 0 bridgehead atoms. The molecule has 11 heavy (non-hydrogen) atoms. The van der Waals surface area contributed by atoms with Gasteiger partial charge in [0.2, 0.25) is 5.91 Å². The van der Waals surface area contributed by atoms with Crippen LogP contribution in [0.2, 0.25) is 0 Å². The first-order chi connectivity index (χ1) is 5.09. The molecule has 0 saturated carbocycles. The summed E-state index contributed by atoms with van der Waals surface area (Å²) in [4.78, 5) is 33.2. The summed E-state index contributed by atoms with van der Waals surface area (Å²) < 4.78 is 0. The van der Waals surface area contributed by atoms with Crippen molar-refractivity contribution >= 4 is 17.5 Å². The molecule has 0 spiro atoms. The highest BCUT2D eigenvalue weighted by atomic mass is 16.2. The van der Waals surface area contributed by atoms with Gasteiger partial charge in [-0.1, -0.05) is 0 Å². The lowest BCUT2D eigenvalue weighted by molar-refractivity contribution is -0.146. The van der Waals surface area contributed by atoms with Gasteiger partial charge in [0, 0.05) is 0 Å². The van der Waals surface area contributed by atoms with Crippen molar-refractivity contribution in [2.75, 3.05) is 13.1 Å². The fourth-order valence-electron chi connectivity index (χ4n) is 0.881. The number of carbonyl (C=O) groups excluding carboxylic acids is 3. The first-order valence-corrected chi connectivity index (χ1v) is 3.38. The number of hydrogen-bond acceptors (Lipinski definition) is 3. The second-order valence-corrected chi connectivity index (χ2v) is 2.67. The van der Waals surface area contributed by atoms with Crippen LogP contribution in [0, 0.1) is 0 Å². The van der Waals surface area contributed by atoms with E-state index in [1.54, 1.807) is 0 Å². The van der Waals surface area contributed by atoms with E-state index in [-0.39, 0.29) is 37.0 Å². The van der Waals surface area contributed by atoms with E-state index in [1.807, 2.05) is 0 Å². The van der Waals surface area contributed by atoms with Gasteiger partial charge in [-0.15, -0.1) is 0 Å². The van der Waals surface area contributed by atoms with E-state index in [4.69, 9.17) is 0 Å². The Labute approximate surface area is 64.2 Å². The fraction of sp³-hybridized carbons (Fsp3) is 0.571. The second kappa shape index (κ2) is 2.82. The summed E-state index contributed by atoms with van der Waals surface area (Å²) in [5.41, 5.74) is 0. The molecular formula is C7H9NO3. The van der Waals surface area contributed by atoms with Crippen LogP contribution in [0.15, 0.2) is 0 Å². The first kappa shape index (κ1) is 7.91. The van der Waals surface area contributed by atoms with Gasteiger partial charge in [-0.25, -0.2) is 0 Å². The number of carbonyl (C=O) groups is 3. The Morgan fingerprint density at radius 2 is 2.00 bits per heavy atom. The summed E-state index contributed by atoms with van der Waals surface area (Å²) in [5.74, 6) is -0.339. The topological polar surface area (TPSA) is 54.5 Å². The summed E-state index contributed by atoms with van der Waals surface area (Å²) in [5, 5.41) is 0. The Morgan fingerprint density at radius 3 is 2.36 bits per heavy atom. The Balaban J connectivity index is 2.32. The Kier molecular flexibility index (Phi) is 2.03. The third-order valence-corrected chi connectivity index (χ3v) is 1.49. The highest BCUT2D eigenvalue weighted by Crippen LogP contribution is 2.04. The summed E-state index contributed by atoms with van der Waals surface area (Å²) in [6.45, 7) is 1.73. The van der Waals surface area contributed by atoms with Crippen LogP contribution in [0.3, 0.4) is 0 Å². The lowest BCUT2D eigenvalue weighted by Crippen LogP contribution is -2.50. The Bertz CT molecular complexity index is 214. The Morgan fingerprint density at radius 1 is 1.45 bits per heavy atom. The molecule has 1 heterocycles. The summed E-state index contributed by atoms with van der Waals surface area (Å²) in [6.07, 6.45) is -0.0761. The third-order valence-electron chi connectivity index (χ3n) is 1.49. The maximum Gasteiger partial charge on any atom is 0.230 e. The number of hydrogen-bond donors (Lipinski definition) is 0. The zero-order valence-electron chi connectivity index (χ0n) is 6.29. The van der Waals surface area contributed by atoms with Crippen LogP contribution in [0.4, 0.5) is 0 Å². The van der Waals surface area contributed by atoms with Gasteiger partial charge in [0.1, 0.15) is 5.78 Å². The zero-order valence-corrected chi connectivity index (χ0v) is 6.29. The SMILES string of the molecule is CC(=O)CC(=O)N1CC(=O)C1. The van der Waals surface area contributed by atoms with Crippen molar-refractivity contribution in [2.24, 2.45) is 0 Å². The lowest BCUT2D eigenvalue weighted by Gasteiger charge is -2.28. The second-order valence-electron chi connectivity index (χ2n) is 2.67. The van der Waals surface area contributed by atoms with Crippen LogP contribution in [-0.4, -0.2) is 35.5 Å². The van der Waals surface area contributed by atoms with E-state index in [0.717, 1.165) is 0 Å². The molecule has 1 aliphatic heterocycles. The third kappa shape index (κ3) is 1.86. The van der Waals surface area contributed by atoms with E-state index in [0.29, 0.717) is 0 Å². The molecule has 1 amide bonds. The quantitative estimate of drug-likeness (QED) is 0.499. The minimum Gasteiger partial charge on any atom is -0.328 e. The molecule has 0 aromatic heterocycles. The van der Waals surface area contributed by atoms with Crippen molar-refractivity contribution in [2.45, 2.75) is 13.3 Å². The van der Waals surface area contributed by atoms with Crippen LogP contribution < -0.4 is 0 Å². The van der Waals surface area contributed by atoms with Gasteiger partial charge in [-0.05, 0) is 6.92 Å². The van der Waals surface area contributed by atoms with Gasteiger partial charge < -0.3 is 4.90 Å². The predicted molar refractivity (Wildman–Crippen MR) is 36.9 cm³/mol. The van der Waals surface area contributed by atoms with Gasteiger partial charge >= 0.3 is 0 Å². The maximum absolute atomic E-state index is 10.9. The molecule has 4 nitrogen and oxygen atoms in total. The van der Waals surface area contributed by atoms with Crippen molar-refractivity contribution in [1.29, 1.82) is 0 Å². The van der Waals surface area contributed by atoms with Crippen molar-refractivity contribution in [3.8, 4) is 0 Å². The highest BCUT2D eigenvalue weighted by molar-refractivity contribution is 6.02. The molecule has 0 unspecified atom stereocenters. The van der Waals surface area contributed by atoms with E-state index >= 15 is 0 Å². The molecule has 0 aliphatic carbocycles. The molecule has 1 saturated heterocycles. The number of nitrogens with zero attached hydrogens (tertiary/aromatic N) is 1. The van der Waals surface area contributed by atoms with E-state index in [2.05, 4.69) is 0 Å². The number of amides is 1. The molecule has 1 aliphatic rings. The predicted octanol–water partition coefficient (Wildman–Crippen LogP) is -0.623. The fourth-order valence-corrected chi connectivity index (χ4v) is 0.881. The highest BCUT2D eigenvalue weighted by Gasteiger charge is 2.28. The lowest BCUT2D eigenvalue weighted by atomic mass is 10.1. The van der Waals surface area contributed by atoms with Gasteiger partial charge in [0.25, 0.3) is 0 Å². The molecule has 0 aromatic carbocycles. The number of likely N-dealkylation sites (tertiary alicyclic amines) is 1. The summed E-state index contributed by atoms with van der Waals surface area (Å²) in [7, 11) is 0. The molecule has 4 heteroatoms. The van der Waals surface area contributed by atoms with Crippen LogP contribution in [0.25, 0.3) is 0 Å². The van der Waals surface area contributed by atoms with Crippen LogP contribution in [0.1, 0.15) is 13.3 Å². The number of rotatable bonds is 2. The van der Waals surface area contributed by atoms with Gasteiger partial charge in [0.05, 0.1) is 19.5 Å². The van der Waals surface area contributed by atoms with E-state index < -0.39 is 0 Å². The van der Waals surface area contributed by atoms with Crippen molar-refractivity contribution in [3.63, 3.8) is 0 Å². The van der Waals surface area contributed by atoms with Crippen LogP contribution in [-0.2, 0) is 14.4 Å². The first-order valence-electron chi connectivity index (χ1n) is 3.38. The molecule has 0 N–H and O–H groups in total. The maximum atomic E-state index is 10.9. The molecule has 0 aromatic rings. The van der Waals surface area contributed by atoms with E-state index in [9.17, 15) is 14.4 Å². The van der Waals surface area contributed by atoms with Crippen LogP contribution >= 0.6 is 0 Å². The molecular weight excluding hydrogens is 146 g/mol. The van der Waals surface area contributed by atoms with Gasteiger partial charge in [-0.2, -0.15) is 0 Å². The average molecular weight is 155 g/mol. The number of ketones is 2. The summed E-state index contributed by atoms with van der Waals surface area (Å²) in [6, 6.07) is 0. The Hall–Kier alpha value is -1.19. The molecule has 1 fully saturated rings. The van der Waals surface area contributed by atoms with Crippen LogP contribution in [0.5, 0.6) is 0 Å². The minimum absolute atomic E-state index is 0.0573. The largest absolute Gasteiger partial charge is 0.328 e. The molecule has 0 atom stereocenters. The molecule has 0 radical (unpaired) electrons.